The van der Waals surface area contributed by atoms with Gasteiger partial charge in [-0.1, -0.05) is 13.3 Å². The van der Waals surface area contributed by atoms with Crippen molar-refractivity contribution in [3.05, 3.63) is 48.6 Å². The molecule has 107 heavy (non-hydrogen) atoms. The number of amides is 17. The highest BCUT2D eigenvalue weighted by Crippen LogP contribution is 2.33. The van der Waals surface area contributed by atoms with Gasteiger partial charge < -0.3 is 29.4 Å². The molecule has 0 aromatic rings. The Morgan fingerprint density at radius 3 is 1.01 bits per heavy atom. The van der Waals surface area contributed by atoms with E-state index in [2.05, 4.69) is 10.2 Å². The number of hydroxylamine groups is 8. The van der Waals surface area contributed by atoms with Crippen LogP contribution in [-0.2, 0) is 134 Å². The van der Waals surface area contributed by atoms with Gasteiger partial charge in [0.15, 0.2) is 0 Å². The number of ketones is 1. The predicted molar refractivity (Wildman–Crippen MR) is 354 cm³/mol. The van der Waals surface area contributed by atoms with Crippen molar-refractivity contribution in [2.75, 3.05) is 39.3 Å². The molecule has 10 rings (SSSR count). The molecular weight excluding hydrogens is 1410 g/mol. The van der Waals surface area contributed by atoms with Gasteiger partial charge in [-0.15, -0.1) is 20.3 Å². The van der Waals surface area contributed by atoms with Gasteiger partial charge >= 0.3 is 29.8 Å². The second-order valence-corrected chi connectivity index (χ2v) is 25.8. The van der Waals surface area contributed by atoms with E-state index in [-0.39, 0.29) is 180 Å². The second kappa shape index (κ2) is 41.9. The molecule has 2 aliphatic carbocycles. The van der Waals surface area contributed by atoms with Crippen LogP contribution in [-0.4, -0.2) is 215 Å². The van der Waals surface area contributed by atoms with E-state index in [9.17, 15) is 110 Å². The molecule has 6 fully saturated rings. The Bertz CT molecular complexity index is 3530. The number of hydrogen-bond donors (Lipinski definition) is 1. The summed E-state index contributed by atoms with van der Waals surface area (Å²) in [4.78, 5) is 285. The van der Waals surface area contributed by atoms with Gasteiger partial charge in [-0.05, 0) is 102 Å². The van der Waals surface area contributed by atoms with Gasteiger partial charge in [0, 0.05) is 165 Å². The molecule has 0 atom stereocenters. The average Bonchev–Trinajstić information content (AvgIpc) is 1.82. The molecule has 10 aliphatic rings. The zero-order valence-electron chi connectivity index (χ0n) is 59.3. The maximum absolute atomic E-state index is 12.3. The van der Waals surface area contributed by atoms with E-state index in [0.717, 1.165) is 22.6 Å². The number of rotatable bonds is 29. The fourth-order valence-electron chi connectivity index (χ4n) is 11.7. The summed E-state index contributed by atoms with van der Waals surface area (Å²) in [7, 11) is 0. The summed E-state index contributed by atoms with van der Waals surface area (Å²) < 4.78 is 5.35. The molecule has 0 spiro atoms. The number of hydrogen-bond acceptors (Lipinski definition) is 28. The smallest absolute Gasteiger partial charge is 0.336 e. The van der Waals surface area contributed by atoms with Crippen molar-refractivity contribution in [3.8, 4) is 0 Å². The summed E-state index contributed by atoms with van der Waals surface area (Å²) in [6.45, 7) is 4.67. The third-order valence-corrected chi connectivity index (χ3v) is 17.8. The first-order valence-electron chi connectivity index (χ1n) is 35.3. The Hall–Kier alpha value is -11.4. The number of nitrogens with zero attached hydrogens (tertiary/aromatic N) is 8. The highest BCUT2D eigenvalue weighted by molar-refractivity contribution is 6.15. The Morgan fingerprint density at radius 2 is 0.664 bits per heavy atom. The number of unbranched alkanes of at least 4 members (excludes halogenated alkanes) is 4. The van der Waals surface area contributed by atoms with Crippen LogP contribution in [0.4, 0.5) is 0 Å². The summed E-state index contributed by atoms with van der Waals surface area (Å²) in [5, 5.41) is 4.85. The quantitative estimate of drug-likeness (QED) is 0.0625. The van der Waals surface area contributed by atoms with Crippen molar-refractivity contribution in [1.29, 1.82) is 0 Å². The lowest BCUT2D eigenvalue weighted by Gasteiger charge is -2.29. The van der Waals surface area contributed by atoms with Crippen LogP contribution in [0.15, 0.2) is 48.6 Å². The molecule has 0 aromatic heterocycles. The molecule has 4 saturated heterocycles. The average molecular weight is 1500 g/mol. The van der Waals surface area contributed by atoms with Crippen molar-refractivity contribution in [3.63, 3.8) is 0 Å². The van der Waals surface area contributed by atoms with Crippen LogP contribution in [0.1, 0.15) is 187 Å². The molecule has 17 amide bonds. The number of esters is 1. The number of nitrogens with one attached hydrogen (secondary N) is 1. The Morgan fingerprint density at radius 1 is 0.355 bits per heavy atom. The molecule has 37 heteroatoms. The third-order valence-electron chi connectivity index (χ3n) is 17.8. The van der Waals surface area contributed by atoms with E-state index in [1.165, 1.54) is 65.3 Å². The Balaban J connectivity index is 0.000000219. The number of imide groups is 8. The molecule has 0 radical (unpaired) electrons. The van der Waals surface area contributed by atoms with Crippen molar-refractivity contribution >= 4 is 136 Å². The molecule has 578 valence electrons. The molecule has 0 bridgehead atoms. The van der Waals surface area contributed by atoms with Crippen LogP contribution in [0.5, 0.6) is 0 Å². The molecule has 37 nitrogen and oxygen atoms in total. The molecule has 0 aromatic carbocycles. The highest BCUT2D eigenvalue weighted by Gasteiger charge is 2.40. The van der Waals surface area contributed by atoms with Crippen LogP contribution in [0.3, 0.4) is 0 Å². The van der Waals surface area contributed by atoms with Gasteiger partial charge in [0.05, 0.1) is 18.4 Å². The van der Waals surface area contributed by atoms with Gasteiger partial charge in [0.2, 0.25) is 5.91 Å². The SMILES string of the molecule is CC(=O)CCN1C(=O)C=CC1=O.CCC(=O)ON1C(=O)CCC1=O.O=C(CCCCCOC(=O)C1CCC(CN2C(=O)C=CC2=O)CC1)ON1C(=O)CCC1=O.O=C(CCN1C(=O)C=CC1=O)NCCCCCC(=O)ON1C(=O)CCC1=O.O=C(ON1C(=O)CCC1=O)C1CCC(CN2C(=O)C=CC2=O)CC1. The molecule has 1 N–H and O–H groups in total. The molecule has 0 unspecified atom stereocenters. The topological polar surface area (TPSA) is 477 Å². The lowest BCUT2D eigenvalue weighted by atomic mass is 9.82. The summed E-state index contributed by atoms with van der Waals surface area (Å²) in [5.74, 6) is -9.64. The van der Waals surface area contributed by atoms with Crippen LogP contribution in [0, 0.1) is 23.7 Å². The third kappa shape index (κ3) is 26.6. The summed E-state index contributed by atoms with van der Waals surface area (Å²) in [6.07, 6.45) is 19.9. The van der Waals surface area contributed by atoms with E-state index in [4.69, 9.17) is 19.2 Å². The maximum atomic E-state index is 12.3. The highest BCUT2D eigenvalue weighted by atomic mass is 16.7. The zero-order chi connectivity index (χ0) is 78.4. The largest absolute Gasteiger partial charge is 0.465 e. The van der Waals surface area contributed by atoms with Gasteiger partial charge in [-0.25, -0.2) is 19.2 Å². The molecule has 2 saturated carbocycles. The fourth-order valence-corrected chi connectivity index (χ4v) is 11.7. The lowest BCUT2D eigenvalue weighted by Crippen LogP contribution is -2.38. The van der Waals surface area contributed by atoms with Gasteiger partial charge in [0.1, 0.15) is 5.78 Å². The minimum atomic E-state index is -0.642. The first-order chi connectivity index (χ1) is 50.9. The normalized spacial score (nSPS) is 20.9. The van der Waals surface area contributed by atoms with Crippen molar-refractivity contribution in [1.82, 2.24) is 45.2 Å². The predicted octanol–water partition coefficient (Wildman–Crippen LogP) is 1.23. The van der Waals surface area contributed by atoms with E-state index in [0.29, 0.717) is 117 Å². The van der Waals surface area contributed by atoms with E-state index in [1.807, 2.05) is 0 Å². The Labute approximate surface area is 612 Å². The fraction of sp³-hybridized carbons (Fsp3) is 0.557. The number of Topliss-reactive ketones (excluding diaryl/α,β-unsaturated/α-hetero) is 1. The second-order valence-electron chi connectivity index (χ2n) is 25.8. The zero-order valence-corrected chi connectivity index (χ0v) is 59.3. The van der Waals surface area contributed by atoms with E-state index < -0.39 is 82.9 Å². The summed E-state index contributed by atoms with van der Waals surface area (Å²) >= 11 is 0. The Kier molecular flexibility index (Phi) is 33.1. The number of carbonyl (C=O) groups is 23. The van der Waals surface area contributed by atoms with Crippen molar-refractivity contribution in [2.24, 2.45) is 23.7 Å². The maximum Gasteiger partial charge on any atom is 0.336 e. The van der Waals surface area contributed by atoms with Crippen LogP contribution in [0.25, 0.3) is 0 Å². The molecule has 8 aliphatic heterocycles. The van der Waals surface area contributed by atoms with Crippen molar-refractivity contribution < 1.29 is 134 Å². The minimum Gasteiger partial charge on any atom is -0.465 e. The molecular formula is C70H85N9O28. The standard InChI is InChI=1S/C22H28N2O8.C17H21N3O7.C16H18N2O6.C8H9NO3.C7H9NO4/c25-17-9-10-18(26)23(17)14-15-5-7-16(8-6-15)22(30)31-13-3-1-2-4-21(29)32-24-19(27)11-12-20(24)28;21-12(9-11-19-13(22)5-6-14(19)23)18-10-3-1-2-4-17(26)27-20-15(24)7-8-16(20)25;19-12-5-6-13(20)17(12)9-10-1-3-11(4-2-10)16(23)24-18-14(21)7-8-15(18)22;1-6(10)4-5-9-7(11)2-3-8(9)12;1-2-7(11)12-8-5(9)3-4-6(8)10/h9-10,15-16H,1-8,11-14H2;5-6H,1-4,7-11H2,(H,18,21);5-6,10-11H,1-4,7-9H2;2-3H,4-5H2,1H3;2-4H2,1H3. The van der Waals surface area contributed by atoms with Gasteiger partial charge in [-0.2, -0.15) is 0 Å². The lowest BCUT2D eigenvalue weighted by molar-refractivity contribution is -0.201. The van der Waals surface area contributed by atoms with Gasteiger partial charge in [-0.3, -0.25) is 111 Å². The first-order valence-corrected chi connectivity index (χ1v) is 35.3. The number of ether oxygens (including phenoxy) is 1. The van der Waals surface area contributed by atoms with E-state index >= 15 is 0 Å². The summed E-state index contributed by atoms with van der Waals surface area (Å²) in [6, 6.07) is 0. The van der Waals surface area contributed by atoms with Crippen LogP contribution in [0.2, 0.25) is 0 Å². The number of carbonyl (C=O) groups excluding carboxylic acids is 23. The first kappa shape index (κ1) is 84.5. The monoisotopic (exact) mass is 1500 g/mol. The van der Waals surface area contributed by atoms with Crippen LogP contribution < -0.4 is 5.32 Å². The van der Waals surface area contributed by atoms with E-state index in [1.54, 1.807) is 6.92 Å². The summed E-state index contributed by atoms with van der Waals surface area (Å²) in [5.41, 5.74) is 0. The minimum absolute atomic E-state index is 0.0255. The van der Waals surface area contributed by atoms with Crippen LogP contribution >= 0.6 is 0 Å². The van der Waals surface area contributed by atoms with Gasteiger partial charge in [0.25, 0.3) is 94.5 Å². The van der Waals surface area contributed by atoms with Crippen molar-refractivity contribution in [2.45, 2.75) is 187 Å². The molecule has 8 heterocycles.